The molecule has 0 spiro atoms. The highest BCUT2D eigenvalue weighted by Crippen LogP contribution is 2.64. The van der Waals surface area contributed by atoms with Crippen molar-refractivity contribution in [2.24, 2.45) is 0 Å². The summed E-state index contributed by atoms with van der Waals surface area (Å²) in [6.45, 7) is 0. The summed E-state index contributed by atoms with van der Waals surface area (Å²) >= 11 is 0. The molecule has 0 aromatic heterocycles. The second kappa shape index (κ2) is 5.43. The van der Waals surface area contributed by atoms with Gasteiger partial charge < -0.3 is 0 Å². The fourth-order valence-electron chi connectivity index (χ4n) is 1.76. The van der Waals surface area contributed by atoms with Gasteiger partial charge in [0, 0.05) is 0 Å². The molecule has 26 heavy (non-hydrogen) atoms. The zero-order valence-electron chi connectivity index (χ0n) is 11.0. The van der Waals surface area contributed by atoms with Gasteiger partial charge in [-0.25, -0.2) is 4.39 Å². The van der Waals surface area contributed by atoms with Crippen molar-refractivity contribution >= 4 is 0 Å². The van der Waals surface area contributed by atoms with E-state index < -0.39 is 58.8 Å². The fraction of sp³-hybridized carbons (Fsp3) is 0.600. The molecule has 0 N–H and O–H groups in total. The summed E-state index contributed by atoms with van der Waals surface area (Å²) in [4.78, 5) is 0. The van der Waals surface area contributed by atoms with Gasteiger partial charge in [0.15, 0.2) is 5.83 Å². The molecule has 1 aliphatic carbocycles. The van der Waals surface area contributed by atoms with Crippen molar-refractivity contribution in [2.75, 3.05) is 0 Å². The van der Waals surface area contributed by atoms with Gasteiger partial charge in [0.25, 0.3) is 6.08 Å². The van der Waals surface area contributed by atoms with Gasteiger partial charge >= 0.3 is 35.8 Å². The van der Waals surface area contributed by atoms with Crippen LogP contribution in [-0.4, -0.2) is 35.8 Å². The first-order valence-corrected chi connectivity index (χ1v) is 5.52. The zero-order chi connectivity index (χ0) is 21.3. The first kappa shape index (κ1) is 22.4. The van der Waals surface area contributed by atoms with Gasteiger partial charge in [-0.1, -0.05) is 0 Å². The van der Waals surface area contributed by atoms with Crippen molar-refractivity contribution < 1.29 is 70.2 Å². The summed E-state index contributed by atoms with van der Waals surface area (Å²) in [6, 6.07) is 0. The minimum Gasteiger partial charge on any atom is -0.204 e. The van der Waals surface area contributed by atoms with Crippen LogP contribution in [0.1, 0.15) is 0 Å². The molecule has 0 amide bonds. The van der Waals surface area contributed by atoms with Crippen LogP contribution in [0, 0.1) is 0 Å². The predicted octanol–water partition coefficient (Wildman–Crippen LogP) is 6.11. The third-order valence-electron chi connectivity index (χ3n) is 3.10. The second-order valence-electron chi connectivity index (χ2n) is 4.69. The first-order chi connectivity index (χ1) is 11.1. The number of hydrogen-bond donors (Lipinski definition) is 0. The van der Waals surface area contributed by atoms with Crippen LogP contribution < -0.4 is 0 Å². The van der Waals surface area contributed by atoms with Crippen LogP contribution in [0.25, 0.3) is 0 Å². The Morgan fingerprint density at radius 3 is 1.38 bits per heavy atom. The molecule has 0 saturated heterocycles. The average molecular weight is 424 g/mol. The monoisotopic (exact) mass is 424 g/mol. The van der Waals surface area contributed by atoms with Gasteiger partial charge in [0.05, 0.1) is 5.57 Å². The number of rotatable bonds is 2. The fourth-order valence-corrected chi connectivity index (χ4v) is 1.76. The van der Waals surface area contributed by atoms with Crippen LogP contribution in [0.5, 0.6) is 0 Å². The van der Waals surface area contributed by atoms with Crippen LogP contribution in [0.15, 0.2) is 23.1 Å². The Morgan fingerprint density at radius 1 is 0.692 bits per heavy atom. The third-order valence-corrected chi connectivity index (χ3v) is 3.10. The molecule has 0 nitrogen and oxygen atoms in total. The van der Waals surface area contributed by atoms with Crippen LogP contribution in [-0.2, 0) is 0 Å². The Balaban J connectivity index is 4.08. The van der Waals surface area contributed by atoms with Gasteiger partial charge in [-0.05, 0) is 0 Å². The number of alkyl halides is 13. The highest BCUT2D eigenvalue weighted by Gasteiger charge is 2.84. The third kappa shape index (κ3) is 2.46. The SMILES string of the molecule is FC(F)=C1C(C(F)(F)C(F)(F)C(F)(F)F)=C(F)C(F)(F)C(F)(F)C1(F)F. The lowest BCUT2D eigenvalue weighted by Gasteiger charge is -2.41. The van der Waals surface area contributed by atoms with Gasteiger partial charge in [0.1, 0.15) is 5.57 Å². The molecule has 0 aliphatic heterocycles. The molecule has 1 rings (SSSR count). The van der Waals surface area contributed by atoms with E-state index in [1.807, 2.05) is 0 Å². The Morgan fingerprint density at radius 2 is 1.08 bits per heavy atom. The van der Waals surface area contributed by atoms with Crippen molar-refractivity contribution in [1.82, 2.24) is 0 Å². The lowest BCUT2D eigenvalue weighted by Crippen LogP contribution is -2.63. The molecule has 0 radical (unpaired) electrons. The van der Waals surface area contributed by atoms with E-state index in [1.54, 1.807) is 0 Å². The summed E-state index contributed by atoms with van der Waals surface area (Å²) in [5.41, 5.74) is -8.99. The molecule has 0 bridgehead atoms. The van der Waals surface area contributed by atoms with Crippen LogP contribution in [0.4, 0.5) is 70.2 Å². The van der Waals surface area contributed by atoms with Crippen molar-refractivity contribution in [2.45, 2.75) is 35.8 Å². The van der Waals surface area contributed by atoms with E-state index in [4.69, 9.17) is 0 Å². The van der Waals surface area contributed by atoms with E-state index in [-0.39, 0.29) is 0 Å². The quantitative estimate of drug-likeness (QED) is 0.470. The molecule has 152 valence electrons. The predicted molar refractivity (Wildman–Crippen MR) is 48.2 cm³/mol. The van der Waals surface area contributed by atoms with Crippen LogP contribution in [0.3, 0.4) is 0 Å². The number of hydrogen-bond acceptors (Lipinski definition) is 0. The Bertz CT molecular complexity index is 655. The maximum Gasteiger partial charge on any atom is 0.460 e. The Hall–Kier alpha value is -1.64. The van der Waals surface area contributed by atoms with Crippen LogP contribution >= 0.6 is 0 Å². The van der Waals surface area contributed by atoms with Crippen molar-refractivity contribution in [3.63, 3.8) is 0 Å². The van der Waals surface area contributed by atoms with Gasteiger partial charge in [0.2, 0.25) is 0 Å². The maximum absolute atomic E-state index is 13.3. The molecule has 16 heteroatoms. The smallest absolute Gasteiger partial charge is 0.204 e. The molecule has 0 fully saturated rings. The summed E-state index contributed by atoms with van der Waals surface area (Å²) in [7, 11) is 0. The molecule has 0 heterocycles. The molecule has 0 unspecified atom stereocenters. The standard InChI is InChI=1S/C10F16/c11-3-1(5(14,15)9(22,23)10(24,25)26)2(4(12)13)6(16,17)8(20,21)7(3,18)19. The minimum absolute atomic E-state index is 4.40. The largest absolute Gasteiger partial charge is 0.460 e. The summed E-state index contributed by atoms with van der Waals surface area (Å²) in [6.07, 6.45) is -12.0. The highest BCUT2D eigenvalue weighted by molar-refractivity contribution is 5.52. The molecule has 0 atom stereocenters. The molecule has 0 aromatic carbocycles. The summed E-state index contributed by atoms with van der Waals surface area (Å²) in [5, 5.41) is 0. The maximum atomic E-state index is 13.3. The second-order valence-corrected chi connectivity index (χ2v) is 4.69. The topological polar surface area (TPSA) is 0 Å². The highest BCUT2D eigenvalue weighted by atomic mass is 19.4. The zero-order valence-corrected chi connectivity index (χ0v) is 11.0. The van der Waals surface area contributed by atoms with Gasteiger partial charge in [-0.15, -0.1) is 0 Å². The Kier molecular flexibility index (Phi) is 4.68. The lowest BCUT2D eigenvalue weighted by atomic mass is 9.80. The van der Waals surface area contributed by atoms with Gasteiger partial charge in [-0.2, -0.15) is 65.9 Å². The molecular weight excluding hydrogens is 424 g/mol. The average Bonchev–Trinajstić information content (AvgIpc) is 2.39. The molecule has 0 saturated carbocycles. The molecular formula is C10F16. The van der Waals surface area contributed by atoms with Crippen LogP contribution in [0.2, 0.25) is 0 Å². The summed E-state index contributed by atoms with van der Waals surface area (Å²) in [5.74, 6) is -41.3. The molecule has 1 aliphatic rings. The van der Waals surface area contributed by atoms with Crippen molar-refractivity contribution in [3.8, 4) is 0 Å². The molecule has 0 aromatic rings. The Labute approximate surface area is 130 Å². The van der Waals surface area contributed by atoms with E-state index in [9.17, 15) is 70.2 Å². The first-order valence-electron chi connectivity index (χ1n) is 5.52. The summed E-state index contributed by atoms with van der Waals surface area (Å²) < 4.78 is 204. The van der Waals surface area contributed by atoms with E-state index >= 15 is 0 Å². The number of allylic oxidation sites excluding steroid dienone is 3. The lowest BCUT2D eigenvalue weighted by molar-refractivity contribution is -0.348. The normalized spacial score (nSPS) is 23.3. The minimum atomic E-state index is -7.66. The van der Waals surface area contributed by atoms with E-state index in [2.05, 4.69) is 0 Å². The van der Waals surface area contributed by atoms with Crippen molar-refractivity contribution in [1.29, 1.82) is 0 Å². The van der Waals surface area contributed by atoms with E-state index in [1.165, 1.54) is 0 Å². The van der Waals surface area contributed by atoms with Crippen molar-refractivity contribution in [3.05, 3.63) is 23.1 Å². The van der Waals surface area contributed by atoms with E-state index in [0.717, 1.165) is 0 Å². The number of halogens is 16. The van der Waals surface area contributed by atoms with E-state index in [0.29, 0.717) is 0 Å². The van der Waals surface area contributed by atoms with Gasteiger partial charge in [-0.3, -0.25) is 0 Å².